The highest BCUT2D eigenvalue weighted by Crippen LogP contribution is 2.25. The van der Waals surface area contributed by atoms with E-state index in [-0.39, 0.29) is 6.23 Å². The molecule has 0 aliphatic heterocycles. The molecule has 0 amide bonds. The fourth-order valence-electron chi connectivity index (χ4n) is 2.25. The Morgan fingerprint density at radius 3 is 2.89 bits per heavy atom. The van der Waals surface area contributed by atoms with Crippen molar-refractivity contribution in [2.45, 2.75) is 39.3 Å². The molecule has 0 fully saturated rings. The van der Waals surface area contributed by atoms with Gasteiger partial charge in [0.25, 0.3) is 0 Å². The van der Waals surface area contributed by atoms with Crippen molar-refractivity contribution >= 4 is 16.5 Å². The molecule has 1 aromatic carbocycles. The summed E-state index contributed by atoms with van der Waals surface area (Å²) in [4.78, 5) is 0. The van der Waals surface area contributed by atoms with Crippen LogP contribution in [0.25, 0.3) is 16.5 Å². The topological polar surface area (TPSA) is 27.1 Å². The number of methoxy groups -OCH3 is 1. The first-order valence-corrected chi connectivity index (χ1v) is 6.83. The molecule has 0 saturated carbocycles. The van der Waals surface area contributed by atoms with E-state index in [0.29, 0.717) is 0 Å². The van der Waals surface area contributed by atoms with Gasteiger partial charge in [-0.3, -0.25) is 0 Å². The number of fused-ring (bicyclic) bond motifs is 1. The monoisotopic (exact) mass is 258 g/mol. The van der Waals surface area contributed by atoms with Crippen molar-refractivity contribution in [1.82, 2.24) is 9.78 Å². The molecule has 102 valence electrons. The Hall–Kier alpha value is -1.61. The molecule has 2 aromatic rings. The summed E-state index contributed by atoms with van der Waals surface area (Å²) in [7, 11) is 1.75. The molecule has 0 saturated heterocycles. The molecule has 1 unspecified atom stereocenters. The molecular weight excluding hydrogens is 236 g/mol. The van der Waals surface area contributed by atoms with E-state index in [9.17, 15) is 0 Å². The van der Waals surface area contributed by atoms with Gasteiger partial charge in [-0.2, -0.15) is 5.10 Å². The van der Waals surface area contributed by atoms with E-state index >= 15 is 0 Å². The number of hydrogen-bond donors (Lipinski definition) is 0. The Morgan fingerprint density at radius 1 is 1.47 bits per heavy atom. The Morgan fingerprint density at radius 2 is 2.26 bits per heavy atom. The second kappa shape index (κ2) is 6.02. The molecule has 0 N–H and O–H groups in total. The Bertz CT molecular complexity index is 571. The van der Waals surface area contributed by atoms with Gasteiger partial charge in [-0.05, 0) is 31.4 Å². The molecule has 0 spiro atoms. The molecule has 0 aliphatic rings. The molecule has 0 aliphatic carbocycles. The third-order valence-corrected chi connectivity index (χ3v) is 3.44. The maximum absolute atomic E-state index is 5.58. The van der Waals surface area contributed by atoms with Gasteiger partial charge in [0, 0.05) is 12.5 Å². The summed E-state index contributed by atoms with van der Waals surface area (Å²) < 4.78 is 7.57. The minimum Gasteiger partial charge on any atom is -0.360 e. The van der Waals surface area contributed by atoms with Crippen LogP contribution in [0.15, 0.2) is 31.0 Å². The number of aromatic nitrogens is 2. The zero-order valence-electron chi connectivity index (χ0n) is 12.0. The van der Waals surface area contributed by atoms with Gasteiger partial charge in [-0.25, -0.2) is 4.68 Å². The summed E-state index contributed by atoms with van der Waals surface area (Å²) in [5, 5.41) is 5.62. The predicted molar refractivity (Wildman–Crippen MR) is 80.0 cm³/mol. The second-order valence-corrected chi connectivity index (χ2v) is 4.98. The average molecular weight is 258 g/mol. The van der Waals surface area contributed by atoms with Gasteiger partial charge >= 0.3 is 0 Å². The molecule has 1 heterocycles. The summed E-state index contributed by atoms with van der Waals surface area (Å²) in [5.41, 5.74) is 3.33. The molecular formula is C16H22N2O. The molecule has 19 heavy (non-hydrogen) atoms. The number of ether oxygens (including phenoxy) is 1. The number of rotatable bonds is 6. The van der Waals surface area contributed by atoms with Gasteiger partial charge in [0.05, 0.1) is 11.7 Å². The first-order chi connectivity index (χ1) is 9.17. The highest BCUT2D eigenvalue weighted by molar-refractivity contribution is 5.82. The molecule has 1 aromatic heterocycles. The van der Waals surface area contributed by atoms with E-state index < -0.39 is 0 Å². The van der Waals surface area contributed by atoms with Gasteiger partial charge in [-0.1, -0.05) is 37.6 Å². The van der Waals surface area contributed by atoms with E-state index in [1.807, 2.05) is 17.8 Å². The van der Waals surface area contributed by atoms with Gasteiger partial charge < -0.3 is 4.74 Å². The summed E-state index contributed by atoms with van der Waals surface area (Å²) in [6.45, 7) is 8.21. The van der Waals surface area contributed by atoms with E-state index in [4.69, 9.17) is 4.74 Å². The lowest BCUT2D eigenvalue weighted by molar-refractivity contribution is 0.0288. The van der Waals surface area contributed by atoms with Crippen molar-refractivity contribution in [3.63, 3.8) is 0 Å². The number of benzene rings is 1. The SMILES string of the molecule is C=C(C)c1ccc2cnn(C(CCCC)OC)c2c1. The number of unbranched alkanes of at least 4 members (excludes halogenated alkanes) is 1. The largest absolute Gasteiger partial charge is 0.360 e. The lowest BCUT2D eigenvalue weighted by Gasteiger charge is -2.17. The van der Waals surface area contributed by atoms with Gasteiger partial charge in [0.1, 0.15) is 6.23 Å². The average Bonchev–Trinajstić information content (AvgIpc) is 2.83. The summed E-state index contributed by atoms with van der Waals surface area (Å²) >= 11 is 0. The molecule has 1 atom stereocenters. The normalized spacial score (nSPS) is 12.8. The van der Waals surface area contributed by atoms with E-state index in [0.717, 1.165) is 41.3 Å². The van der Waals surface area contributed by atoms with Crippen LogP contribution in [-0.4, -0.2) is 16.9 Å². The fraction of sp³-hybridized carbons (Fsp3) is 0.438. The Labute approximate surface area is 114 Å². The van der Waals surface area contributed by atoms with Gasteiger partial charge in [-0.15, -0.1) is 0 Å². The standard InChI is InChI=1S/C16H22N2O/c1-5-6-7-16(19-4)18-15-10-13(12(2)3)8-9-14(15)11-17-18/h8-11,16H,2,5-7H2,1,3-4H3. The fourth-order valence-corrected chi connectivity index (χ4v) is 2.25. The Balaban J connectivity index is 2.41. The second-order valence-electron chi connectivity index (χ2n) is 4.98. The minimum atomic E-state index is 0.0119. The lowest BCUT2D eigenvalue weighted by Crippen LogP contribution is -2.12. The number of nitrogens with zero attached hydrogens (tertiary/aromatic N) is 2. The number of hydrogen-bond acceptors (Lipinski definition) is 2. The van der Waals surface area contributed by atoms with Crippen LogP contribution < -0.4 is 0 Å². The highest BCUT2D eigenvalue weighted by Gasteiger charge is 2.13. The van der Waals surface area contributed by atoms with Crippen LogP contribution in [0.4, 0.5) is 0 Å². The predicted octanol–water partition coefficient (Wildman–Crippen LogP) is 4.40. The molecule has 0 bridgehead atoms. The highest BCUT2D eigenvalue weighted by atomic mass is 16.5. The van der Waals surface area contributed by atoms with Crippen molar-refractivity contribution in [3.05, 3.63) is 36.5 Å². The molecule has 3 nitrogen and oxygen atoms in total. The van der Waals surface area contributed by atoms with Crippen molar-refractivity contribution in [2.24, 2.45) is 0 Å². The van der Waals surface area contributed by atoms with Crippen molar-refractivity contribution in [1.29, 1.82) is 0 Å². The third kappa shape index (κ3) is 2.87. The lowest BCUT2D eigenvalue weighted by atomic mass is 10.1. The molecule has 0 radical (unpaired) electrons. The molecule has 3 heteroatoms. The van der Waals surface area contributed by atoms with Crippen LogP contribution in [0.2, 0.25) is 0 Å². The van der Waals surface area contributed by atoms with Crippen molar-refractivity contribution in [2.75, 3.05) is 7.11 Å². The van der Waals surface area contributed by atoms with Gasteiger partial charge in [0.15, 0.2) is 0 Å². The minimum absolute atomic E-state index is 0.0119. The smallest absolute Gasteiger partial charge is 0.150 e. The van der Waals surface area contributed by atoms with Crippen molar-refractivity contribution in [3.8, 4) is 0 Å². The maximum atomic E-state index is 5.58. The zero-order valence-corrected chi connectivity index (χ0v) is 12.0. The van der Waals surface area contributed by atoms with Crippen LogP contribution in [-0.2, 0) is 4.74 Å². The Kier molecular flexibility index (Phi) is 4.38. The van der Waals surface area contributed by atoms with E-state index in [1.54, 1.807) is 7.11 Å². The first kappa shape index (κ1) is 13.8. The summed E-state index contributed by atoms with van der Waals surface area (Å²) in [5.74, 6) is 0. The summed E-state index contributed by atoms with van der Waals surface area (Å²) in [6.07, 6.45) is 5.20. The van der Waals surface area contributed by atoms with Crippen LogP contribution >= 0.6 is 0 Å². The van der Waals surface area contributed by atoms with E-state index in [1.165, 1.54) is 0 Å². The van der Waals surface area contributed by atoms with Crippen LogP contribution in [0.3, 0.4) is 0 Å². The van der Waals surface area contributed by atoms with Crippen LogP contribution in [0, 0.1) is 0 Å². The maximum Gasteiger partial charge on any atom is 0.150 e. The first-order valence-electron chi connectivity index (χ1n) is 6.83. The van der Waals surface area contributed by atoms with Crippen LogP contribution in [0.1, 0.15) is 44.9 Å². The quantitative estimate of drug-likeness (QED) is 0.767. The number of allylic oxidation sites excluding steroid dienone is 1. The molecule has 2 rings (SSSR count). The third-order valence-electron chi connectivity index (χ3n) is 3.44. The van der Waals surface area contributed by atoms with E-state index in [2.05, 4.69) is 36.8 Å². The van der Waals surface area contributed by atoms with Crippen LogP contribution in [0.5, 0.6) is 0 Å². The van der Waals surface area contributed by atoms with Gasteiger partial charge in [0.2, 0.25) is 0 Å². The summed E-state index contributed by atoms with van der Waals surface area (Å²) in [6, 6.07) is 6.32. The zero-order chi connectivity index (χ0) is 13.8. The van der Waals surface area contributed by atoms with Crippen molar-refractivity contribution < 1.29 is 4.74 Å².